The molecule has 11 heteroatoms. The minimum Gasteiger partial charge on any atom is -0.274 e. The lowest BCUT2D eigenvalue weighted by atomic mass is 10.2. The number of nitro groups is 1. The number of carbonyl (C=O) groups excluding carboxylic acids is 2. The highest BCUT2D eigenvalue weighted by atomic mass is 32.2. The fourth-order valence-corrected chi connectivity index (χ4v) is 4.20. The Morgan fingerprint density at radius 2 is 1.89 bits per heavy atom. The average molecular weight is 398 g/mol. The van der Waals surface area contributed by atoms with Crippen molar-refractivity contribution in [3.63, 3.8) is 0 Å². The molecule has 2 aromatic heterocycles. The van der Waals surface area contributed by atoms with Crippen LogP contribution in [0.1, 0.15) is 17.8 Å². The summed E-state index contributed by atoms with van der Waals surface area (Å²) >= 11 is 1.15. The summed E-state index contributed by atoms with van der Waals surface area (Å²) in [6, 6.07) is 7.19. The van der Waals surface area contributed by atoms with E-state index < -0.39 is 16.1 Å². The third kappa shape index (κ3) is 2.99. The quantitative estimate of drug-likeness (QED) is 0.372. The van der Waals surface area contributed by atoms with E-state index in [1.807, 2.05) is 19.9 Å². The van der Waals surface area contributed by atoms with Crippen molar-refractivity contribution in [2.75, 3.05) is 4.90 Å². The van der Waals surface area contributed by atoms with E-state index in [9.17, 15) is 19.7 Å². The number of imide groups is 1. The van der Waals surface area contributed by atoms with Crippen LogP contribution in [0.25, 0.3) is 5.78 Å². The normalized spacial score (nSPS) is 16.9. The molecule has 142 valence electrons. The van der Waals surface area contributed by atoms with Crippen LogP contribution in [0.2, 0.25) is 0 Å². The second-order valence-electron chi connectivity index (χ2n) is 6.31. The van der Waals surface area contributed by atoms with E-state index in [0.717, 1.165) is 28.0 Å². The number of aromatic nitrogens is 4. The van der Waals surface area contributed by atoms with Gasteiger partial charge in [0.05, 0.1) is 10.6 Å². The zero-order valence-corrected chi connectivity index (χ0v) is 15.7. The van der Waals surface area contributed by atoms with Gasteiger partial charge in [0.25, 0.3) is 11.5 Å². The lowest BCUT2D eigenvalue weighted by molar-refractivity contribution is -0.384. The molecule has 1 aromatic carbocycles. The highest BCUT2D eigenvalue weighted by molar-refractivity contribution is 8.00. The molecule has 1 saturated heterocycles. The maximum Gasteiger partial charge on any atom is 0.269 e. The van der Waals surface area contributed by atoms with Crippen molar-refractivity contribution < 1.29 is 14.5 Å². The Labute approximate surface area is 162 Å². The minimum atomic E-state index is -0.657. The van der Waals surface area contributed by atoms with Crippen molar-refractivity contribution in [1.29, 1.82) is 0 Å². The van der Waals surface area contributed by atoms with Crippen molar-refractivity contribution in [2.45, 2.75) is 30.7 Å². The maximum absolute atomic E-state index is 12.8. The summed E-state index contributed by atoms with van der Waals surface area (Å²) in [5, 5.41) is 18.8. The lowest BCUT2D eigenvalue weighted by Gasteiger charge is -2.14. The van der Waals surface area contributed by atoms with E-state index in [-0.39, 0.29) is 18.0 Å². The Kier molecular flexibility index (Phi) is 4.30. The molecule has 1 aliphatic rings. The summed E-state index contributed by atoms with van der Waals surface area (Å²) in [6.45, 7) is 3.75. The Morgan fingerprint density at radius 3 is 2.57 bits per heavy atom. The summed E-state index contributed by atoms with van der Waals surface area (Å²) in [6.07, 6.45) is 0.00768. The largest absolute Gasteiger partial charge is 0.274 e. The number of fused-ring (bicyclic) bond motifs is 1. The molecule has 0 radical (unpaired) electrons. The Hall–Kier alpha value is -3.34. The standard InChI is InChI=1S/C17H14N6O4S/c1-9-7-10(2)21-16(18-9)19-20-17(21)28-13-8-14(24)22(15(13)25)11-3-5-12(6-4-11)23(26)27/h3-7,13H,8H2,1-2H3. The molecule has 2 amide bonds. The molecule has 1 fully saturated rings. The molecule has 0 N–H and O–H groups in total. The molecule has 0 spiro atoms. The fraction of sp³-hybridized carbons (Fsp3) is 0.235. The number of carbonyl (C=O) groups is 2. The summed E-state index contributed by atoms with van der Waals surface area (Å²) in [5.74, 6) is -0.321. The summed E-state index contributed by atoms with van der Waals surface area (Å²) in [7, 11) is 0. The van der Waals surface area contributed by atoms with Gasteiger partial charge in [0, 0.05) is 29.9 Å². The molecule has 1 aliphatic heterocycles. The van der Waals surface area contributed by atoms with Crippen molar-refractivity contribution in [3.8, 4) is 0 Å². The van der Waals surface area contributed by atoms with Crippen LogP contribution < -0.4 is 4.90 Å². The average Bonchev–Trinajstić information content (AvgIpc) is 3.16. The van der Waals surface area contributed by atoms with Crippen LogP contribution in [0, 0.1) is 24.0 Å². The van der Waals surface area contributed by atoms with Crippen LogP contribution in [0.4, 0.5) is 11.4 Å². The first-order chi connectivity index (χ1) is 13.3. The third-order valence-corrected chi connectivity index (χ3v) is 5.46. The SMILES string of the molecule is Cc1cc(C)n2c(SC3CC(=O)N(c4ccc([N+](=O)[O-])cc4)C3=O)nnc2n1. The molecule has 4 rings (SSSR count). The number of aryl methyl sites for hydroxylation is 2. The number of non-ortho nitro benzene ring substituents is 1. The van der Waals surface area contributed by atoms with Gasteiger partial charge in [-0.15, -0.1) is 10.2 Å². The molecule has 3 heterocycles. The molecule has 1 atom stereocenters. The van der Waals surface area contributed by atoms with Gasteiger partial charge in [-0.05, 0) is 32.0 Å². The number of nitro benzene ring substituents is 1. The number of nitrogens with zero attached hydrogens (tertiary/aromatic N) is 6. The van der Waals surface area contributed by atoms with Crippen LogP contribution in [0.5, 0.6) is 0 Å². The number of amides is 2. The van der Waals surface area contributed by atoms with Crippen molar-refractivity contribution >= 4 is 40.7 Å². The predicted molar refractivity (Wildman–Crippen MR) is 100 cm³/mol. The zero-order chi connectivity index (χ0) is 20.0. The molecule has 1 unspecified atom stereocenters. The van der Waals surface area contributed by atoms with Gasteiger partial charge < -0.3 is 0 Å². The van der Waals surface area contributed by atoms with Gasteiger partial charge in [-0.2, -0.15) is 0 Å². The Morgan fingerprint density at radius 1 is 1.18 bits per heavy atom. The van der Waals surface area contributed by atoms with E-state index in [4.69, 9.17) is 0 Å². The molecule has 0 bridgehead atoms. The summed E-state index contributed by atoms with van der Waals surface area (Å²) < 4.78 is 1.74. The summed E-state index contributed by atoms with van der Waals surface area (Å²) in [5.41, 5.74) is 1.88. The number of thioether (sulfide) groups is 1. The lowest BCUT2D eigenvalue weighted by Crippen LogP contribution is -2.31. The second-order valence-corrected chi connectivity index (χ2v) is 7.48. The second kappa shape index (κ2) is 6.68. The van der Waals surface area contributed by atoms with Crippen LogP contribution in [-0.4, -0.2) is 41.6 Å². The molecule has 28 heavy (non-hydrogen) atoms. The van der Waals surface area contributed by atoms with E-state index in [1.54, 1.807) is 4.40 Å². The molecule has 10 nitrogen and oxygen atoms in total. The number of anilines is 1. The Bertz CT molecular complexity index is 1130. The molecule has 3 aromatic rings. The minimum absolute atomic E-state index is 0.00768. The van der Waals surface area contributed by atoms with Crippen LogP contribution in [0.15, 0.2) is 35.5 Å². The van der Waals surface area contributed by atoms with Gasteiger partial charge in [0.15, 0.2) is 5.16 Å². The van der Waals surface area contributed by atoms with Gasteiger partial charge in [0.2, 0.25) is 11.8 Å². The first-order valence-electron chi connectivity index (χ1n) is 8.32. The number of hydrogen-bond donors (Lipinski definition) is 0. The van der Waals surface area contributed by atoms with Crippen molar-refractivity contribution in [2.24, 2.45) is 0 Å². The summed E-state index contributed by atoms with van der Waals surface area (Å²) in [4.78, 5) is 40.8. The van der Waals surface area contributed by atoms with Gasteiger partial charge in [-0.25, -0.2) is 9.88 Å². The maximum atomic E-state index is 12.8. The first kappa shape index (κ1) is 18.0. The highest BCUT2D eigenvalue weighted by Crippen LogP contribution is 2.34. The predicted octanol–water partition coefficient (Wildman–Crippen LogP) is 2.07. The van der Waals surface area contributed by atoms with E-state index in [0.29, 0.717) is 16.6 Å². The molecule has 0 saturated carbocycles. The molecular weight excluding hydrogens is 384 g/mol. The number of rotatable bonds is 4. The van der Waals surface area contributed by atoms with Crippen molar-refractivity contribution in [1.82, 2.24) is 19.6 Å². The topological polar surface area (TPSA) is 124 Å². The number of benzene rings is 1. The number of hydrogen-bond acceptors (Lipinski definition) is 8. The Balaban J connectivity index is 1.60. The first-order valence-corrected chi connectivity index (χ1v) is 9.20. The van der Waals surface area contributed by atoms with Crippen LogP contribution in [0.3, 0.4) is 0 Å². The monoisotopic (exact) mass is 398 g/mol. The van der Waals surface area contributed by atoms with Crippen LogP contribution in [-0.2, 0) is 9.59 Å². The zero-order valence-electron chi connectivity index (χ0n) is 14.9. The van der Waals surface area contributed by atoms with E-state index in [2.05, 4.69) is 15.2 Å². The van der Waals surface area contributed by atoms with Crippen LogP contribution >= 0.6 is 11.8 Å². The molecule has 0 aliphatic carbocycles. The van der Waals surface area contributed by atoms with Gasteiger partial charge in [-0.3, -0.25) is 24.1 Å². The van der Waals surface area contributed by atoms with Gasteiger partial charge >= 0.3 is 0 Å². The smallest absolute Gasteiger partial charge is 0.269 e. The third-order valence-electron chi connectivity index (χ3n) is 4.33. The van der Waals surface area contributed by atoms with Gasteiger partial charge in [-0.1, -0.05) is 11.8 Å². The highest BCUT2D eigenvalue weighted by Gasteiger charge is 2.41. The van der Waals surface area contributed by atoms with E-state index >= 15 is 0 Å². The fourth-order valence-electron chi connectivity index (χ4n) is 3.09. The van der Waals surface area contributed by atoms with E-state index in [1.165, 1.54) is 24.3 Å². The van der Waals surface area contributed by atoms with Crippen molar-refractivity contribution in [3.05, 3.63) is 51.8 Å². The van der Waals surface area contributed by atoms with Gasteiger partial charge in [0.1, 0.15) is 5.25 Å². The molecular formula is C17H14N6O4S.